The molecule has 1 aliphatic rings. The normalized spacial score (nSPS) is 26.5. The molecule has 1 aromatic carbocycles. The van der Waals surface area contributed by atoms with Crippen molar-refractivity contribution in [2.24, 2.45) is 11.7 Å². The van der Waals surface area contributed by atoms with Crippen molar-refractivity contribution in [3.05, 3.63) is 29.8 Å². The van der Waals surface area contributed by atoms with E-state index in [1.807, 2.05) is 12.1 Å². The zero-order chi connectivity index (χ0) is 10.7. The molecule has 0 aliphatic heterocycles. The summed E-state index contributed by atoms with van der Waals surface area (Å²) in [7, 11) is 0. The zero-order valence-corrected chi connectivity index (χ0v) is 9.02. The molecule has 2 nitrogen and oxygen atoms in total. The van der Waals surface area contributed by atoms with Crippen LogP contribution in [0.4, 0.5) is 0 Å². The van der Waals surface area contributed by atoms with Crippen LogP contribution in [0, 0.1) is 5.92 Å². The van der Waals surface area contributed by atoms with Crippen LogP contribution in [0.25, 0.3) is 0 Å². The van der Waals surface area contributed by atoms with Crippen LogP contribution in [-0.2, 0) is 0 Å². The van der Waals surface area contributed by atoms with Gasteiger partial charge in [-0.1, -0.05) is 12.1 Å². The molecule has 0 bridgehead atoms. The third-order valence-corrected chi connectivity index (χ3v) is 3.54. The molecule has 1 fully saturated rings. The fourth-order valence-electron chi connectivity index (χ4n) is 2.48. The Morgan fingerprint density at radius 1 is 1.07 bits per heavy atom. The molecule has 0 atom stereocenters. The Morgan fingerprint density at radius 2 is 1.67 bits per heavy atom. The molecule has 0 amide bonds. The van der Waals surface area contributed by atoms with Gasteiger partial charge in [-0.3, -0.25) is 0 Å². The van der Waals surface area contributed by atoms with Crippen LogP contribution >= 0.6 is 0 Å². The first-order chi connectivity index (χ1) is 7.29. The van der Waals surface area contributed by atoms with E-state index in [2.05, 4.69) is 0 Å². The minimum Gasteiger partial charge on any atom is -0.508 e. The van der Waals surface area contributed by atoms with E-state index in [-0.39, 0.29) is 0 Å². The molecule has 0 heterocycles. The largest absolute Gasteiger partial charge is 0.508 e. The monoisotopic (exact) mass is 205 g/mol. The quantitative estimate of drug-likeness (QED) is 0.779. The van der Waals surface area contributed by atoms with E-state index in [1.54, 1.807) is 12.1 Å². The number of phenolic OH excluding ortho intramolecular Hbond substituents is 1. The van der Waals surface area contributed by atoms with Gasteiger partial charge in [-0.15, -0.1) is 0 Å². The summed E-state index contributed by atoms with van der Waals surface area (Å²) in [6, 6.07) is 7.65. The summed E-state index contributed by atoms with van der Waals surface area (Å²) >= 11 is 0. The Hall–Kier alpha value is -1.02. The average Bonchev–Trinajstić information content (AvgIpc) is 2.30. The first kappa shape index (κ1) is 10.5. The molecule has 1 saturated carbocycles. The molecule has 0 spiro atoms. The van der Waals surface area contributed by atoms with Gasteiger partial charge in [0.1, 0.15) is 5.75 Å². The van der Waals surface area contributed by atoms with Crippen LogP contribution in [0.5, 0.6) is 5.75 Å². The smallest absolute Gasteiger partial charge is 0.115 e. The Kier molecular flexibility index (Phi) is 3.27. The molecule has 1 aliphatic carbocycles. The lowest BCUT2D eigenvalue weighted by Gasteiger charge is -2.27. The van der Waals surface area contributed by atoms with E-state index in [0.29, 0.717) is 11.7 Å². The lowest BCUT2D eigenvalue weighted by molar-refractivity contribution is 0.332. The van der Waals surface area contributed by atoms with Gasteiger partial charge in [-0.05, 0) is 61.8 Å². The van der Waals surface area contributed by atoms with Gasteiger partial charge in [-0.2, -0.15) is 0 Å². The number of hydrogen-bond donors (Lipinski definition) is 2. The fraction of sp³-hybridized carbons (Fsp3) is 0.538. The molecular formula is C13H19NO. The standard InChI is InChI=1S/C13H19NO/c14-9-10-1-3-11(4-2-10)12-5-7-13(15)8-6-12/h5-8,10-11,15H,1-4,9,14H2/t10-,11+. The lowest BCUT2D eigenvalue weighted by atomic mass is 9.79. The predicted molar refractivity (Wildman–Crippen MR) is 61.9 cm³/mol. The van der Waals surface area contributed by atoms with Crippen molar-refractivity contribution in [2.75, 3.05) is 6.54 Å². The molecular weight excluding hydrogens is 186 g/mol. The highest BCUT2D eigenvalue weighted by Crippen LogP contribution is 2.35. The van der Waals surface area contributed by atoms with E-state index in [0.717, 1.165) is 12.5 Å². The van der Waals surface area contributed by atoms with Crippen LogP contribution in [-0.4, -0.2) is 11.7 Å². The van der Waals surface area contributed by atoms with E-state index < -0.39 is 0 Å². The van der Waals surface area contributed by atoms with Crippen molar-refractivity contribution in [1.82, 2.24) is 0 Å². The van der Waals surface area contributed by atoms with Gasteiger partial charge >= 0.3 is 0 Å². The molecule has 0 aromatic heterocycles. The van der Waals surface area contributed by atoms with Crippen molar-refractivity contribution in [3.63, 3.8) is 0 Å². The van der Waals surface area contributed by atoms with Crippen molar-refractivity contribution in [2.45, 2.75) is 31.6 Å². The lowest BCUT2D eigenvalue weighted by Crippen LogP contribution is -2.20. The van der Waals surface area contributed by atoms with E-state index in [9.17, 15) is 5.11 Å². The number of aromatic hydroxyl groups is 1. The van der Waals surface area contributed by atoms with Crippen LogP contribution in [0.2, 0.25) is 0 Å². The first-order valence-corrected chi connectivity index (χ1v) is 5.78. The number of phenols is 1. The van der Waals surface area contributed by atoms with Crippen molar-refractivity contribution >= 4 is 0 Å². The molecule has 15 heavy (non-hydrogen) atoms. The molecule has 0 unspecified atom stereocenters. The Morgan fingerprint density at radius 3 is 2.20 bits per heavy atom. The highest BCUT2D eigenvalue weighted by atomic mass is 16.3. The maximum Gasteiger partial charge on any atom is 0.115 e. The second kappa shape index (κ2) is 4.67. The summed E-state index contributed by atoms with van der Waals surface area (Å²) in [6.45, 7) is 0.836. The number of nitrogens with two attached hydrogens (primary N) is 1. The van der Waals surface area contributed by atoms with Crippen LogP contribution < -0.4 is 5.73 Å². The van der Waals surface area contributed by atoms with Gasteiger partial charge in [0.05, 0.1) is 0 Å². The van der Waals surface area contributed by atoms with Gasteiger partial charge in [0.25, 0.3) is 0 Å². The van der Waals surface area contributed by atoms with Crippen LogP contribution in [0.1, 0.15) is 37.2 Å². The molecule has 3 N–H and O–H groups in total. The third kappa shape index (κ3) is 2.51. The molecule has 2 heteroatoms. The maximum absolute atomic E-state index is 9.22. The van der Waals surface area contributed by atoms with Crippen LogP contribution in [0.3, 0.4) is 0 Å². The van der Waals surface area contributed by atoms with Gasteiger partial charge < -0.3 is 10.8 Å². The van der Waals surface area contributed by atoms with Crippen molar-refractivity contribution in [3.8, 4) is 5.75 Å². The highest BCUT2D eigenvalue weighted by molar-refractivity contribution is 5.28. The Balaban J connectivity index is 1.98. The summed E-state index contributed by atoms with van der Waals surface area (Å²) < 4.78 is 0. The van der Waals surface area contributed by atoms with E-state index in [1.165, 1.54) is 31.2 Å². The fourth-order valence-corrected chi connectivity index (χ4v) is 2.48. The van der Waals surface area contributed by atoms with E-state index in [4.69, 9.17) is 5.73 Å². The first-order valence-electron chi connectivity index (χ1n) is 5.78. The molecule has 1 aromatic rings. The highest BCUT2D eigenvalue weighted by Gasteiger charge is 2.21. The summed E-state index contributed by atoms with van der Waals surface area (Å²) in [6.07, 6.45) is 4.99. The minimum atomic E-state index is 0.356. The molecule has 2 rings (SSSR count). The summed E-state index contributed by atoms with van der Waals surface area (Å²) in [5, 5.41) is 9.22. The van der Waals surface area contributed by atoms with Crippen LogP contribution in [0.15, 0.2) is 24.3 Å². The van der Waals surface area contributed by atoms with Gasteiger partial charge in [0.2, 0.25) is 0 Å². The topological polar surface area (TPSA) is 46.2 Å². The van der Waals surface area contributed by atoms with Crippen molar-refractivity contribution in [1.29, 1.82) is 0 Å². The maximum atomic E-state index is 9.22. The second-order valence-corrected chi connectivity index (χ2v) is 4.54. The molecule has 0 saturated heterocycles. The number of benzene rings is 1. The third-order valence-electron chi connectivity index (χ3n) is 3.54. The van der Waals surface area contributed by atoms with Gasteiger partial charge in [-0.25, -0.2) is 0 Å². The second-order valence-electron chi connectivity index (χ2n) is 4.54. The van der Waals surface area contributed by atoms with Crippen molar-refractivity contribution < 1.29 is 5.11 Å². The number of rotatable bonds is 2. The number of hydrogen-bond acceptors (Lipinski definition) is 2. The summed E-state index contributed by atoms with van der Waals surface area (Å²) in [5.74, 6) is 1.76. The molecule has 0 radical (unpaired) electrons. The summed E-state index contributed by atoms with van der Waals surface area (Å²) in [5.41, 5.74) is 7.04. The Bertz CT molecular complexity index is 299. The van der Waals surface area contributed by atoms with Gasteiger partial charge in [0, 0.05) is 0 Å². The molecule has 82 valence electrons. The summed E-state index contributed by atoms with van der Waals surface area (Å²) in [4.78, 5) is 0. The Labute approximate surface area is 91.1 Å². The average molecular weight is 205 g/mol. The van der Waals surface area contributed by atoms with Gasteiger partial charge in [0.15, 0.2) is 0 Å². The SMILES string of the molecule is NC[C@H]1CC[C@@H](c2ccc(O)cc2)CC1. The predicted octanol–water partition coefficient (Wildman–Crippen LogP) is 2.62. The van der Waals surface area contributed by atoms with E-state index >= 15 is 0 Å². The zero-order valence-electron chi connectivity index (χ0n) is 9.02. The minimum absolute atomic E-state index is 0.356.